The standard InChI is InChI=1S/C46H53FN8O7/c1-21(2)36(52-45(58)61-6)43(56)55-35(19-31-22(3)39(31)55)41-49-33-15-11-26-16-24(9-13-29(26)38(33)51-41)25-10-14-30(32(47)18-25)34-20-48-42(50-34)40-27-8-12-28(17-27)54(40)44(57)37(23(4)60-5)53-46(59)62-7/h9-11,13-16,18,20-23,27-28,31,35-37,39-40H,8,12,17,19H2,1-7H3,(H,48,50)(H,49,51)(H,52,58)(H,53,59)/t22-,23-,27+,28-,31+,35+,36+,37?,39-,40+/m1/s1. The summed E-state index contributed by atoms with van der Waals surface area (Å²) in [6, 6.07) is 12.9. The molecular weight excluding hydrogens is 796 g/mol. The minimum Gasteiger partial charge on any atom is -0.453 e. The Morgan fingerprint density at radius 1 is 0.839 bits per heavy atom. The number of rotatable bonds is 11. The molecule has 5 aromatic rings. The van der Waals surface area contributed by atoms with Crippen molar-refractivity contribution in [2.45, 2.75) is 95.7 Å². The van der Waals surface area contributed by atoms with Crippen LogP contribution in [0.2, 0.25) is 0 Å². The molecule has 4 aliphatic rings. The highest BCUT2D eigenvalue weighted by atomic mass is 19.1. The molecule has 4 amide bonds. The van der Waals surface area contributed by atoms with Crippen molar-refractivity contribution in [1.29, 1.82) is 0 Å². The SMILES string of the molecule is COC(=O)NC(C(=O)N1[C@@H]2CC[C@@H](C2)[C@H]1c1ncc(-c2ccc(-c3ccc4c(ccc5nc([C@@H]6C[C@H]7[C@@H](C)[C@H]7N6C(=O)[C@@H](NC(=O)OC)C(C)C)[nH]c54)c3)cc2F)[nH]1)[C@@H](C)OC. The number of amides is 4. The summed E-state index contributed by atoms with van der Waals surface area (Å²) in [7, 11) is 4.03. The molecule has 9 rings (SSSR count). The zero-order chi connectivity index (χ0) is 43.7. The number of nitrogens with one attached hydrogen (secondary N) is 4. The summed E-state index contributed by atoms with van der Waals surface area (Å²) in [5.74, 6) is 1.23. The molecule has 4 heterocycles. The number of fused-ring (bicyclic) bond motifs is 6. The molecule has 3 aromatic carbocycles. The Balaban J connectivity index is 0.952. The molecule has 2 bridgehead atoms. The Hall–Kier alpha value is -6.03. The Morgan fingerprint density at radius 3 is 2.26 bits per heavy atom. The number of carbonyl (C=O) groups excluding carboxylic acids is 4. The summed E-state index contributed by atoms with van der Waals surface area (Å²) in [4.78, 5) is 72.8. The largest absolute Gasteiger partial charge is 0.453 e. The summed E-state index contributed by atoms with van der Waals surface area (Å²) in [5.41, 5.74) is 4.03. The maximum absolute atomic E-state index is 16.1. The summed E-state index contributed by atoms with van der Waals surface area (Å²) in [6.45, 7) is 7.70. The van der Waals surface area contributed by atoms with Crippen LogP contribution in [-0.2, 0) is 23.8 Å². The number of alkyl carbamates (subject to hydrolysis) is 2. The van der Waals surface area contributed by atoms with Crippen LogP contribution in [0.1, 0.15) is 77.1 Å². The van der Waals surface area contributed by atoms with Gasteiger partial charge in [0.05, 0.1) is 55.3 Å². The number of hydrogen-bond acceptors (Lipinski definition) is 9. The predicted octanol–water partition coefficient (Wildman–Crippen LogP) is 7.01. The van der Waals surface area contributed by atoms with Gasteiger partial charge in [0.2, 0.25) is 11.8 Å². The third kappa shape index (κ3) is 7.01. The monoisotopic (exact) mass is 848 g/mol. The number of imidazole rings is 2. The first-order chi connectivity index (χ1) is 29.8. The van der Waals surface area contributed by atoms with Gasteiger partial charge in [-0.2, -0.15) is 0 Å². The van der Waals surface area contributed by atoms with E-state index in [1.54, 1.807) is 19.2 Å². The zero-order valence-corrected chi connectivity index (χ0v) is 35.9. The number of hydrogen-bond donors (Lipinski definition) is 4. The molecule has 4 fully saturated rings. The number of benzene rings is 3. The molecule has 0 spiro atoms. The Bertz CT molecular complexity index is 2570. The maximum Gasteiger partial charge on any atom is 0.407 e. The number of halogens is 1. The number of H-pyrrole nitrogens is 2. The molecule has 10 atom stereocenters. The minimum atomic E-state index is -0.955. The number of likely N-dealkylation sites (tertiary alicyclic amines) is 2. The highest BCUT2D eigenvalue weighted by Crippen LogP contribution is 2.58. The van der Waals surface area contributed by atoms with Crippen LogP contribution in [0, 0.1) is 29.5 Å². The third-order valence-corrected chi connectivity index (χ3v) is 14.0. The number of methoxy groups -OCH3 is 3. The first-order valence-electron chi connectivity index (χ1n) is 21.4. The van der Waals surface area contributed by atoms with Crippen LogP contribution in [0.3, 0.4) is 0 Å². The van der Waals surface area contributed by atoms with Gasteiger partial charge in [0.1, 0.15) is 29.5 Å². The van der Waals surface area contributed by atoms with E-state index in [0.717, 1.165) is 53.1 Å². The van der Waals surface area contributed by atoms with Gasteiger partial charge in [0.15, 0.2) is 0 Å². The summed E-state index contributed by atoms with van der Waals surface area (Å²) in [5, 5.41) is 7.29. The number of ether oxygens (including phenoxy) is 3. The number of carbonyl (C=O) groups is 4. The van der Waals surface area contributed by atoms with Crippen molar-refractivity contribution in [3.8, 4) is 22.4 Å². The van der Waals surface area contributed by atoms with Gasteiger partial charge in [-0.05, 0) is 97.1 Å². The lowest BCUT2D eigenvalue weighted by atomic mass is 9.96. The molecule has 2 aromatic heterocycles. The second kappa shape index (κ2) is 16.0. The lowest BCUT2D eigenvalue weighted by molar-refractivity contribution is -0.141. The molecule has 1 unspecified atom stereocenters. The average molecular weight is 849 g/mol. The Kier molecular flexibility index (Phi) is 10.7. The van der Waals surface area contributed by atoms with E-state index in [2.05, 4.69) is 32.5 Å². The topological polar surface area (TPSA) is 184 Å². The smallest absolute Gasteiger partial charge is 0.407 e. The Labute approximate surface area is 358 Å². The van der Waals surface area contributed by atoms with Crippen LogP contribution in [-0.4, -0.2) is 105 Å². The van der Waals surface area contributed by atoms with Crippen LogP contribution in [0.4, 0.5) is 14.0 Å². The summed E-state index contributed by atoms with van der Waals surface area (Å²) >= 11 is 0. The van der Waals surface area contributed by atoms with Gasteiger partial charge < -0.3 is 44.6 Å². The molecular formula is C46H53FN8O7. The van der Waals surface area contributed by atoms with Gasteiger partial charge in [0.25, 0.3) is 0 Å². The number of aromatic amines is 2. The van der Waals surface area contributed by atoms with E-state index in [1.807, 2.05) is 60.0 Å². The summed E-state index contributed by atoms with van der Waals surface area (Å²) in [6.07, 6.45) is 3.03. The predicted molar refractivity (Wildman–Crippen MR) is 228 cm³/mol. The van der Waals surface area contributed by atoms with E-state index < -0.39 is 36.2 Å². The molecule has 0 radical (unpaired) electrons. The van der Waals surface area contributed by atoms with Crippen molar-refractivity contribution in [1.82, 2.24) is 40.4 Å². The Morgan fingerprint density at radius 2 is 1.55 bits per heavy atom. The lowest BCUT2D eigenvalue weighted by Crippen LogP contribution is -2.56. The van der Waals surface area contributed by atoms with Crippen molar-refractivity contribution >= 4 is 45.8 Å². The van der Waals surface area contributed by atoms with Crippen molar-refractivity contribution in [2.75, 3.05) is 21.3 Å². The molecule has 15 nitrogen and oxygen atoms in total. The molecule has 2 aliphatic heterocycles. The number of aromatic nitrogens is 4. The fourth-order valence-electron chi connectivity index (χ4n) is 10.5. The first-order valence-corrected chi connectivity index (χ1v) is 21.4. The van der Waals surface area contributed by atoms with E-state index in [-0.39, 0.29) is 47.8 Å². The molecule has 326 valence electrons. The maximum atomic E-state index is 16.1. The van der Waals surface area contributed by atoms with E-state index in [0.29, 0.717) is 40.3 Å². The average Bonchev–Trinajstić information content (AvgIpc) is 4.00. The van der Waals surface area contributed by atoms with Crippen molar-refractivity contribution < 1.29 is 37.8 Å². The quantitative estimate of drug-likeness (QED) is 0.109. The van der Waals surface area contributed by atoms with Gasteiger partial charge in [-0.25, -0.2) is 23.9 Å². The van der Waals surface area contributed by atoms with Gasteiger partial charge >= 0.3 is 12.2 Å². The molecule has 16 heteroatoms. The van der Waals surface area contributed by atoms with Gasteiger partial charge in [0, 0.05) is 30.1 Å². The lowest BCUT2D eigenvalue weighted by Gasteiger charge is -2.37. The van der Waals surface area contributed by atoms with E-state index >= 15 is 4.39 Å². The second-order valence-corrected chi connectivity index (χ2v) is 17.7. The minimum absolute atomic E-state index is 0.00923. The zero-order valence-electron chi connectivity index (χ0n) is 35.9. The van der Waals surface area contributed by atoms with E-state index in [9.17, 15) is 19.2 Å². The molecule has 4 N–H and O–H groups in total. The summed E-state index contributed by atoms with van der Waals surface area (Å²) < 4.78 is 31.2. The van der Waals surface area contributed by atoms with E-state index in [1.165, 1.54) is 27.4 Å². The third-order valence-electron chi connectivity index (χ3n) is 14.0. The fourth-order valence-corrected chi connectivity index (χ4v) is 10.5. The molecule has 2 saturated carbocycles. The van der Waals surface area contributed by atoms with Gasteiger partial charge in [-0.15, -0.1) is 0 Å². The fraction of sp³-hybridized carbons (Fsp3) is 0.478. The van der Waals surface area contributed by atoms with Crippen molar-refractivity contribution in [3.63, 3.8) is 0 Å². The van der Waals surface area contributed by atoms with Crippen LogP contribution in [0.15, 0.2) is 54.7 Å². The molecule has 2 aliphatic carbocycles. The van der Waals surface area contributed by atoms with Crippen molar-refractivity contribution in [2.24, 2.45) is 23.7 Å². The number of piperidine rings is 2. The van der Waals surface area contributed by atoms with Gasteiger partial charge in [-0.1, -0.05) is 45.0 Å². The highest BCUT2D eigenvalue weighted by molar-refractivity contribution is 6.05. The van der Waals surface area contributed by atoms with Crippen molar-refractivity contribution in [3.05, 3.63) is 72.2 Å². The first kappa shape index (κ1) is 41.3. The number of nitrogens with zero attached hydrogens (tertiary/aromatic N) is 4. The van der Waals surface area contributed by atoms with Crippen LogP contribution in [0.25, 0.3) is 44.2 Å². The molecule has 62 heavy (non-hydrogen) atoms. The van der Waals surface area contributed by atoms with Crippen LogP contribution in [0.5, 0.6) is 0 Å². The highest BCUT2D eigenvalue weighted by Gasteiger charge is 2.61. The normalized spacial score (nSPS) is 25.2. The van der Waals surface area contributed by atoms with Crippen LogP contribution < -0.4 is 10.6 Å². The van der Waals surface area contributed by atoms with Crippen LogP contribution >= 0.6 is 0 Å². The second-order valence-electron chi connectivity index (χ2n) is 17.7. The van der Waals surface area contributed by atoms with E-state index in [4.69, 9.17) is 19.2 Å². The van der Waals surface area contributed by atoms with Gasteiger partial charge in [-0.3, -0.25) is 9.59 Å². The molecule has 2 saturated heterocycles.